The third-order valence-corrected chi connectivity index (χ3v) is 7.56. The summed E-state index contributed by atoms with van der Waals surface area (Å²) in [6.07, 6.45) is 2.69. The van der Waals surface area contributed by atoms with Crippen LogP contribution in [0.1, 0.15) is 78.5 Å². The van der Waals surface area contributed by atoms with Gasteiger partial charge in [-0.1, -0.05) is 38.1 Å². The fraction of sp³-hybridized carbons (Fsp3) is 0.600. The molecule has 218 valence electrons. The lowest BCUT2D eigenvalue weighted by molar-refractivity contribution is 0.0401. The van der Waals surface area contributed by atoms with Crippen molar-refractivity contribution in [1.82, 2.24) is 20.2 Å². The molecule has 2 N–H and O–H groups in total. The van der Waals surface area contributed by atoms with Gasteiger partial charge in [0.25, 0.3) is 0 Å². The Morgan fingerprint density at radius 2 is 1.82 bits per heavy atom. The van der Waals surface area contributed by atoms with Crippen molar-refractivity contribution < 1.29 is 19.1 Å². The van der Waals surface area contributed by atoms with Gasteiger partial charge in [0.2, 0.25) is 5.95 Å². The average Bonchev–Trinajstić information content (AvgIpc) is 3.26. The second kappa shape index (κ2) is 12.0. The average molecular weight is 553 g/mol. The topological polar surface area (TPSA) is 109 Å². The summed E-state index contributed by atoms with van der Waals surface area (Å²) >= 11 is 0. The SMILES string of the molecule is CC(C)[C@H]1COC(=O)N1c1ccnc(N[C@@H](C)c2ccc(CN3CCC(C)(NC(=O)OC(C)(C)C)CC3)cc2)n1. The molecule has 0 bridgehead atoms. The van der Waals surface area contributed by atoms with Crippen molar-refractivity contribution in [2.24, 2.45) is 5.92 Å². The summed E-state index contributed by atoms with van der Waals surface area (Å²) < 4.78 is 10.7. The molecule has 0 radical (unpaired) electrons. The smallest absolute Gasteiger partial charge is 0.415 e. The minimum atomic E-state index is -0.502. The normalized spacial score (nSPS) is 20.2. The molecule has 1 aromatic heterocycles. The summed E-state index contributed by atoms with van der Waals surface area (Å²) in [6, 6.07) is 10.2. The fourth-order valence-electron chi connectivity index (χ4n) is 5.07. The number of nitrogens with zero attached hydrogens (tertiary/aromatic N) is 4. The molecule has 1 aromatic carbocycles. The van der Waals surface area contributed by atoms with Gasteiger partial charge < -0.3 is 20.1 Å². The van der Waals surface area contributed by atoms with Gasteiger partial charge in [-0.3, -0.25) is 9.80 Å². The van der Waals surface area contributed by atoms with Gasteiger partial charge in [0.15, 0.2) is 0 Å². The Kier molecular flexibility index (Phi) is 8.87. The van der Waals surface area contributed by atoms with E-state index >= 15 is 0 Å². The maximum absolute atomic E-state index is 12.3. The largest absolute Gasteiger partial charge is 0.447 e. The lowest BCUT2D eigenvalue weighted by Crippen LogP contribution is -2.54. The summed E-state index contributed by atoms with van der Waals surface area (Å²) in [7, 11) is 0. The highest BCUT2D eigenvalue weighted by Crippen LogP contribution is 2.27. The van der Waals surface area contributed by atoms with Gasteiger partial charge in [-0.05, 0) is 70.6 Å². The molecule has 0 saturated carbocycles. The number of aromatic nitrogens is 2. The molecule has 0 unspecified atom stereocenters. The Hall–Kier alpha value is -3.40. The van der Waals surface area contributed by atoms with Crippen LogP contribution in [0.2, 0.25) is 0 Å². The molecular formula is C30H44N6O4. The third kappa shape index (κ3) is 7.62. The molecule has 3 heterocycles. The number of carbonyl (C=O) groups excluding carboxylic acids is 2. The number of benzene rings is 1. The van der Waals surface area contributed by atoms with Gasteiger partial charge in [0.05, 0.1) is 12.1 Å². The van der Waals surface area contributed by atoms with Crippen molar-refractivity contribution in [2.45, 2.75) is 91.1 Å². The Morgan fingerprint density at radius 3 is 2.45 bits per heavy atom. The van der Waals surface area contributed by atoms with Crippen LogP contribution in [0.3, 0.4) is 0 Å². The number of alkyl carbamates (subject to hydrolysis) is 1. The molecule has 2 fully saturated rings. The lowest BCUT2D eigenvalue weighted by atomic mass is 9.89. The van der Waals surface area contributed by atoms with Crippen molar-refractivity contribution in [3.8, 4) is 0 Å². The van der Waals surface area contributed by atoms with E-state index < -0.39 is 5.60 Å². The van der Waals surface area contributed by atoms with Crippen molar-refractivity contribution in [3.63, 3.8) is 0 Å². The maximum atomic E-state index is 12.3. The highest BCUT2D eigenvalue weighted by molar-refractivity contribution is 5.89. The molecule has 0 aliphatic carbocycles. The number of rotatable bonds is 8. The molecule has 4 rings (SSSR count). The van der Waals surface area contributed by atoms with Gasteiger partial charge in [0.1, 0.15) is 18.0 Å². The Balaban J connectivity index is 1.30. The van der Waals surface area contributed by atoms with Crippen LogP contribution in [0.4, 0.5) is 21.4 Å². The summed E-state index contributed by atoms with van der Waals surface area (Å²) in [6.45, 7) is 17.0. The third-order valence-electron chi connectivity index (χ3n) is 7.56. The number of hydrogen-bond donors (Lipinski definition) is 2. The number of anilines is 2. The highest BCUT2D eigenvalue weighted by Gasteiger charge is 2.37. The summed E-state index contributed by atoms with van der Waals surface area (Å²) in [5.74, 6) is 1.26. The van der Waals surface area contributed by atoms with Crippen LogP contribution in [-0.2, 0) is 16.0 Å². The molecule has 40 heavy (non-hydrogen) atoms. The first-order valence-electron chi connectivity index (χ1n) is 14.2. The van der Waals surface area contributed by atoms with E-state index in [1.54, 1.807) is 17.2 Å². The van der Waals surface area contributed by atoms with E-state index in [0.29, 0.717) is 18.4 Å². The molecule has 2 saturated heterocycles. The molecular weight excluding hydrogens is 508 g/mol. The number of likely N-dealkylation sites (tertiary alicyclic amines) is 1. The molecule has 2 aliphatic heterocycles. The molecule has 10 heteroatoms. The van der Waals surface area contributed by atoms with Crippen LogP contribution in [0, 0.1) is 5.92 Å². The predicted molar refractivity (Wildman–Crippen MR) is 155 cm³/mol. The monoisotopic (exact) mass is 552 g/mol. The second-order valence-corrected chi connectivity index (χ2v) is 12.6. The van der Waals surface area contributed by atoms with Crippen LogP contribution in [-0.4, -0.2) is 63.9 Å². The Morgan fingerprint density at radius 1 is 1.15 bits per heavy atom. The Labute approximate surface area is 237 Å². The molecule has 10 nitrogen and oxygen atoms in total. The van der Waals surface area contributed by atoms with E-state index in [1.165, 1.54) is 5.56 Å². The minimum Gasteiger partial charge on any atom is -0.447 e. The number of carbonyl (C=O) groups is 2. The molecule has 2 amide bonds. The number of piperidine rings is 1. The molecule has 2 aliphatic rings. The second-order valence-electron chi connectivity index (χ2n) is 12.6. The Bertz CT molecular complexity index is 1170. The number of amides is 2. The van der Waals surface area contributed by atoms with Crippen LogP contribution in [0.25, 0.3) is 0 Å². The van der Waals surface area contributed by atoms with E-state index in [4.69, 9.17) is 9.47 Å². The first kappa shape index (κ1) is 29.6. The van der Waals surface area contributed by atoms with Crippen molar-refractivity contribution in [3.05, 3.63) is 47.7 Å². The quantitative estimate of drug-likeness (QED) is 0.441. The number of nitrogens with one attached hydrogen (secondary N) is 2. The van der Waals surface area contributed by atoms with Gasteiger partial charge in [-0.15, -0.1) is 0 Å². The standard InChI is InChI=1S/C30H44N6O4/c1-20(2)24-19-39-28(38)36(24)25-12-15-31-26(33-25)32-21(3)23-10-8-22(9-11-23)18-35-16-13-30(7,14-17-35)34-27(37)40-29(4,5)6/h8-12,15,20-21,24H,13-14,16-19H2,1-7H3,(H,34,37)(H,31,32,33)/t21-,24+/m0/s1. The first-order chi connectivity index (χ1) is 18.8. The van der Waals surface area contributed by atoms with Gasteiger partial charge in [0, 0.05) is 31.4 Å². The van der Waals surface area contributed by atoms with Gasteiger partial charge >= 0.3 is 12.2 Å². The summed E-state index contributed by atoms with van der Waals surface area (Å²) in [4.78, 5) is 37.6. The van der Waals surface area contributed by atoms with E-state index in [0.717, 1.165) is 38.0 Å². The molecule has 2 atom stereocenters. The predicted octanol–water partition coefficient (Wildman–Crippen LogP) is 5.51. The maximum Gasteiger partial charge on any atom is 0.415 e. The summed E-state index contributed by atoms with van der Waals surface area (Å²) in [5.41, 5.74) is 1.60. The van der Waals surface area contributed by atoms with Crippen LogP contribution in [0.5, 0.6) is 0 Å². The van der Waals surface area contributed by atoms with Crippen LogP contribution >= 0.6 is 0 Å². The molecule has 2 aromatic rings. The highest BCUT2D eigenvalue weighted by atomic mass is 16.6. The van der Waals surface area contributed by atoms with Gasteiger partial charge in [-0.25, -0.2) is 14.6 Å². The lowest BCUT2D eigenvalue weighted by Gasteiger charge is -2.40. The number of hydrogen-bond acceptors (Lipinski definition) is 8. The molecule has 0 spiro atoms. The van der Waals surface area contributed by atoms with Crippen molar-refractivity contribution in [2.75, 3.05) is 29.9 Å². The number of cyclic esters (lactones) is 1. The van der Waals surface area contributed by atoms with Crippen molar-refractivity contribution >= 4 is 24.0 Å². The van der Waals surface area contributed by atoms with E-state index in [2.05, 4.69) is 77.5 Å². The first-order valence-corrected chi connectivity index (χ1v) is 14.2. The minimum absolute atomic E-state index is 0.0228. The zero-order valence-corrected chi connectivity index (χ0v) is 24.9. The van der Waals surface area contributed by atoms with E-state index in [-0.39, 0.29) is 35.7 Å². The summed E-state index contributed by atoms with van der Waals surface area (Å²) in [5, 5.41) is 6.44. The zero-order chi connectivity index (χ0) is 29.1. The van der Waals surface area contributed by atoms with E-state index in [1.807, 2.05) is 20.8 Å². The fourth-order valence-corrected chi connectivity index (χ4v) is 5.07. The van der Waals surface area contributed by atoms with E-state index in [9.17, 15) is 9.59 Å². The van der Waals surface area contributed by atoms with Crippen LogP contribution < -0.4 is 15.5 Å². The van der Waals surface area contributed by atoms with Crippen LogP contribution in [0.15, 0.2) is 36.5 Å². The zero-order valence-electron chi connectivity index (χ0n) is 24.9. The van der Waals surface area contributed by atoms with Crippen molar-refractivity contribution in [1.29, 1.82) is 0 Å². The number of ether oxygens (including phenoxy) is 2. The van der Waals surface area contributed by atoms with Gasteiger partial charge in [-0.2, -0.15) is 4.98 Å².